The number of carbonyl (C=O) groups excluding carboxylic acids is 2. The van der Waals surface area contributed by atoms with Crippen molar-refractivity contribution in [3.63, 3.8) is 0 Å². The number of ketones is 1. The number of Topliss-reactive ketones (excluding diaryl/α,β-unsaturated/α-hetero) is 1. The Morgan fingerprint density at radius 2 is 2.11 bits per heavy atom. The number of benzene rings is 1. The lowest BCUT2D eigenvalue weighted by Gasteiger charge is -2.15. The fourth-order valence-electron chi connectivity index (χ4n) is 2.06. The lowest BCUT2D eigenvalue weighted by molar-refractivity contribution is -0.114. The highest BCUT2D eigenvalue weighted by molar-refractivity contribution is 6.55. The highest BCUT2D eigenvalue weighted by atomic mass is 35.5. The number of aryl methyl sites for hydroxylation is 1. The summed E-state index contributed by atoms with van der Waals surface area (Å²) in [7, 11) is 1.73. The van der Waals surface area contributed by atoms with Gasteiger partial charge in [-0.15, -0.1) is 0 Å². The van der Waals surface area contributed by atoms with Crippen LogP contribution < -0.4 is 4.90 Å². The van der Waals surface area contributed by atoms with E-state index in [4.69, 9.17) is 11.6 Å². The van der Waals surface area contributed by atoms with Crippen molar-refractivity contribution in [2.75, 3.05) is 4.90 Å². The van der Waals surface area contributed by atoms with Gasteiger partial charge in [-0.1, -0.05) is 17.7 Å². The van der Waals surface area contributed by atoms with Gasteiger partial charge in [0.25, 0.3) is 11.7 Å². The largest absolute Gasteiger partial charge is 0.299 e. The predicted octanol–water partition coefficient (Wildman–Crippen LogP) is 1.20. The molecule has 6 nitrogen and oxygen atoms in total. The maximum atomic E-state index is 12.0. The molecule has 1 aromatic carbocycles. The number of fused-ring (bicyclic) bond motifs is 1. The summed E-state index contributed by atoms with van der Waals surface area (Å²) in [5, 5.41) is 4.22. The summed E-state index contributed by atoms with van der Waals surface area (Å²) >= 11 is 5.98. The number of aromatic nitrogens is 3. The molecule has 0 radical (unpaired) electrons. The van der Waals surface area contributed by atoms with Gasteiger partial charge in [-0.05, 0) is 12.1 Å². The molecule has 0 atom stereocenters. The van der Waals surface area contributed by atoms with Crippen molar-refractivity contribution in [1.29, 1.82) is 0 Å². The molecule has 0 saturated carbocycles. The zero-order valence-corrected chi connectivity index (χ0v) is 10.8. The molecule has 7 heteroatoms. The Hall–Kier alpha value is -2.21. The minimum absolute atomic E-state index is 0.189. The second-order valence-corrected chi connectivity index (χ2v) is 4.56. The molecule has 96 valence electrons. The van der Waals surface area contributed by atoms with E-state index in [2.05, 4.69) is 10.1 Å². The van der Waals surface area contributed by atoms with E-state index >= 15 is 0 Å². The zero-order valence-electron chi connectivity index (χ0n) is 10.00. The van der Waals surface area contributed by atoms with Crippen LogP contribution >= 0.6 is 11.6 Å². The predicted molar refractivity (Wildman–Crippen MR) is 68.0 cm³/mol. The Bertz CT molecular complexity index is 695. The SMILES string of the molecule is Cn1ncnc1CN1C(=O)C(=O)c2c(Cl)cccc21. The summed E-state index contributed by atoms with van der Waals surface area (Å²) in [6, 6.07) is 4.99. The Labute approximate surface area is 113 Å². The van der Waals surface area contributed by atoms with Gasteiger partial charge in [0.2, 0.25) is 0 Å². The van der Waals surface area contributed by atoms with E-state index in [9.17, 15) is 9.59 Å². The molecule has 0 unspecified atom stereocenters. The third-order valence-electron chi connectivity index (χ3n) is 3.05. The van der Waals surface area contributed by atoms with Crippen molar-refractivity contribution in [3.8, 4) is 0 Å². The van der Waals surface area contributed by atoms with Gasteiger partial charge in [0, 0.05) is 7.05 Å². The molecule has 0 N–H and O–H groups in total. The average molecular weight is 277 g/mol. The molecule has 0 saturated heterocycles. The molecular formula is C12H9ClN4O2. The van der Waals surface area contributed by atoms with Crippen LogP contribution in [0.15, 0.2) is 24.5 Å². The van der Waals surface area contributed by atoms with Crippen molar-refractivity contribution < 1.29 is 9.59 Å². The van der Waals surface area contributed by atoms with Gasteiger partial charge in [-0.25, -0.2) is 4.98 Å². The molecule has 3 rings (SSSR count). The van der Waals surface area contributed by atoms with Crippen LogP contribution in [0, 0.1) is 0 Å². The van der Waals surface area contributed by atoms with E-state index in [1.54, 1.807) is 29.9 Å². The average Bonchev–Trinajstić information content (AvgIpc) is 2.89. The third-order valence-corrected chi connectivity index (χ3v) is 3.37. The van der Waals surface area contributed by atoms with Gasteiger partial charge in [0.15, 0.2) is 0 Å². The van der Waals surface area contributed by atoms with E-state index in [1.165, 1.54) is 11.2 Å². The monoisotopic (exact) mass is 276 g/mol. The normalized spacial score (nSPS) is 14.1. The summed E-state index contributed by atoms with van der Waals surface area (Å²) < 4.78 is 1.56. The number of amides is 1. The fraction of sp³-hybridized carbons (Fsp3) is 0.167. The molecule has 0 bridgehead atoms. The van der Waals surface area contributed by atoms with Gasteiger partial charge in [-0.3, -0.25) is 19.2 Å². The third kappa shape index (κ3) is 1.72. The Morgan fingerprint density at radius 1 is 1.32 bits per heavy atom. The van der Waals surface area contributed by atoms with Gasteiger partial charge in [-0.2, -0.15) is 5.10 Å². The van der Waals surface area contributed by atoms with Crippen LogP contribution in [0.2, 0.25) is 5.02 Å². The maximum absolute atomic E-state index is 12.0. The van der Waals surface area contributed by atoms with E-state index in [0.717, 1.165) is 0 Å². The molecule has 0 fully saturated rings. The van der Waals surface area contributed by atoms with Gasteiger partial charge >= 0.3 is 0 Å². The first-order valence-electron chi connectivity index (χ1n) is 5.57. The summed E-state index contributed by atoms with van der Waals surface area (Å²) in [6.45, 7) is 0.189. The van der Waals surface area contributed by atoms with Crippen LogP contribution in [0.5, 0.6) is 0 Å². The number of hydrogen-bond donors (Lipinski definition) is 0. The summed E-state index contributed by atoms with van der Waals surface area (Å²) in [6.07, 6.45) is 1.40. The van der Waals surface area contributed by atoms with Crippen molar-refractivity contribution in [3.05, 3.63) is 40.9 Å². The molecule has 0 aliphatic carbocycles. The number of hydrogen-bond acceptors (Lipinski definition) is 4. The van der Waals surface area contributed by atoms with Crippen LogP contribution in [0.25, 0.3) is 0 Å². The molecule has 19 heavy (non-hydrogen) atoms. The topological polar surface area (TPSA) is 68.1 Å². The quantitative estimate of drug-likeness (QED) is 0.773. The van der Waals surface area contributed by atoms with E-state index in [0.29, 0.717) is 11.5 Å². The van der Waals surface area contributed by atoms with E-state index in [-0.39, 0.29) is 17.1 Å². The number of nitrogens with zero attached hydrogens (tertiary/aromatic N) is 4. The van der Waals surface area contributed by atoms with Crippen molar-refractivity contribution in [2.24, 2.45) is 7.05 Å². The second kappa shape index (κ2) is 4.17. The smallest absolute Gasteiger partial charge is 0.297 e. The van der Waals surface area contributed by atoms with E-state index in [1.807, 2.05) is 0 Å². The van der Waals surface area contributed by atoms with Crippen LogP contribution in [0.3, 0.4) is 0 Å². The van der Waals surface area contributed by atoms with Gasteiger partial charge in [0.1, 0.15) is 12.2 Å². The van der Waals surface area contributed by atoms with Crippen molar-refractivity contribution in [2.45, 2.75) is 6.54 Å². The first kappa shape index (κ1) is 11.9. The van der Waals surface area contributed by atoms with Gasteiger partial charge < -0.3 is 0 Å². The number of anilines is 1. The van der Waals surface area contributed by atoms with Crippen molar-refractivity contribution >= 4 is 29.0 Å². The maximum Gasteiger partial charge on any atom is 0.299 e. The summed E-state index contributed by atoms with van der Waals surface area (Å²) in [5.74, 6) is -0.581. The lowest BCUT2D eigenvalue weighted by atomic mass is 10.1. The Kier molecular flexibility index (Phi) is 2.60. The van der Waals surface area contributed by atoms with Crippen LogP contribution in [-0.2, 0) is 18.4 Å². The van der Waals surface area contributed by atoms with Crippen molar-refractivity contribution in [1.82, 2.24) is 14.8 Å². The van der Waals surface area contributed by atoms with E-state index < -0.39 is 11.7 Å². The Morgan fingerprint density at radius 3 is 2.79 bits per heavy atom. The molecule has 2 aromatic rings. The number of rotatable bonds is 2. The standard InChI is InChI=1S/C12H9ClN4O2/c1-16-9(14-6-15-16)5-17-8-4-2-3-7(13)10(8)11(18)12(17)19/h2-4,6H,5H2,1H3. The summed E-state index contributed by atoms with van der Waals surface area (Å²) in [4.78, 5) is 29.4. The molecule has 1 amide bonds. The number of carbonyl (C=O) groups is 2. The molecule has 2 heterocycles. The van der Waals surface area contributed by atoms with Gasteiger partial charge in [0.05, 0.1) is 22.8 Å². The molecule has 1 aromatic heterocycles. The highest BCUT2D eigenvalue weighted by Gasteiger charge is 2.37. The van der Waals surface area contributed by atoms with Crippen LogP contribution in [0.4, 0.5) is 5.69 Å². The highest BCUT2D eigenvalue weighted by Crippen LogP contribution is 2.34. The second-order valence-electron chi connectivity index (χ2n) is 4.15. The minimum Gasteiger partial charge on any atom is -0.297 e. The minimum atomic E-state index is -0.592. The molecule has 1 aliphatic rings. The Balaban J connectivity index is 2.05. The molecule has 0 spiro atoms. The molecule has 1 aliphatic heterocycles. The lowest BCUT2D eigenvalue weighted by Crippen LogP contribution is -2.30. The first-order valence-corrected chi connectivity index (χ1v) is 5.95. The zero-order chi connectivity index (χ0) is 13.6. The first-order chi connectivity index (χ1) is 9.09. The fourth-order valence-corrected chi connectivity index (χ4v) is 2.32. The molecular weight excluding hydrogens is 268 g/mol. The number of halogens is 1. The van der Waals surface area contributed by atoms with Crippen LogP contribution in [-0.4, -0.2) is 26.5 Å². The summed E-state index contributed by atoms with van der Waals surface area (Å²) in [5.41, 5.74) is 0.779. The van der Waals surface area contributed by atoms with Crippen LogP contribution in [0.1, 0.15) is 16.2 Å².